The van der Waals surface area contributed by atoms with Gasteiger partial charge in [-0.05, 0) is 13.0 Å². The zero-order valence-corrected chi connectivity index (χ0v) is 12.5. The molecule has 0 atom stereocenters. The third-order valence-electron chi connectivity index (χ3n) is 2.53. The fourth-order valence-electron chi connectivity index (χ4n) is 1.58. The zero-order chi connectivity index (χ0) is 14.6. The molecule has 20 heavy (non-hydrogen) atoms. The number of hydrogen-bond acceptors (Lipinski definition) is 7. The Morgan fingerprint density at radius 3 is 2.90 bits per heavy atom. The van der Waals surface area contributed by atoms with Gasteiger partial charge in [-0.15, -0.1) is 11.3 Å². The van der Waals surface area contributed by atoms with Gasteiger partial charge in [0.1, 0.15) is 5.82 Å². The Morgan fingerprint density at radius 1 is 1.45 bits per heavy atom. The third-order valence-corrected chi connectivity index (χ3v) is 4.81. The van der Waals surface area contributed by atoms with Crippen molar-refractivity contribution in [3.8, 4) is 0 Å². The van der Waals surface area contributed by atoms with E-state index in [1.54, 1.807) is 11.3 Å². The molecule has 0 aliphatic carbocycles. The lowest BCUT2D eigenvalue weighted by Crippen LogP contribution is -2.26. The van der Waals surface area contributed by atoms with Gasteiger partial charge >= 0.3 is 0 Å². The average molecular weight is 313 g/mol. The van der Waals surface area contributed by atoms with Crippen LogP contribution in [0.15, 0.2) is 28.6 Å². The second-order valence-electron chi connectivity index (χ2n) is 4.03. The minimum absolute atomic E-state index is 0.120. The summed E-state index contributed by atoms with van der Waals surface area (Å²) in [6.07, 6.45) is 1.93. The zero-order valence-electron chi connectivity index (χ0n) is 10.8. The summed E-state index contributed by atoms with van der Waals surface area (Å²) < 4.78 is 26.7. The normalized spacial score (nSPS) is 11.5. The highest BCUT2D eigenvalue weighted by Gasteiger charge is 2.14. The number of nitrogens with one attached hydrogen (secondary N) is 2. The highest BCUT2D eigenvalue weighted by Crippen LogP contribution is 2.12. The number of aryl methyl sites for hydroxylation is 1. The van der Waals surface area contributed by atoms with Crippen LogP contribution in [-0.2, 0) is 16.4 Å². The van der Waals surface area contributed by atoms with Crippen molar-refractivity contribution in [3.63, 3.8) is 0 Å². The number of hydrogen-bond donors (Lipinski definition) is 3. The third kappa shape index (κ3) is 3.73. The monoisotopic (exact) mass is 313 g/mol. The molecule has 0 fully saturated rings. The van der Waals surface area contributed by atoms with Crippen molar-refractivity contribution < 1.29 is 8.42 Å². The van der Waals surface area contributed by atoms with Crippen LogP contribution in [-0.4, -0.2) is 24.9 Å². The molecule has 0 bridgehead atoms. The van der Waals surface area contributed by atoms with E-state index in [9.17, 15) is 8.42 Å². The molecular formula is C11H15N5O2S2. The Bertz CT molecular complexity index is 684. The first-order valence-electron chi connectivity index (χ1n) is 5.84. The van der Waals surface area contributed by atoms with Gasteiger partial charge in [0.15, 0.2) is 0 Å². The molecule has 0 aliphatic rings. The largest absolute Gasteiger partial charge is 0.308 e. The van der Waals surface area contributed by atoms with Crippen molar-refractivity contribution in [2.45, 2.75) is 18.2 Å². The maximum Gasteiger partial charge on any atom is 0.240 e. The van der Waals surface area contributed by atoms with E-state index in [-0.39, 0.29) is 4.90 Å². The summed E-state index contributed by atoms with van der Waals surface area (Å²) >= 11 is 1.54. The van der Waals surface area contributed by atoms with Gasteiger partial charge in [-0.1, -0.05) is 0 Å². The van der Waals surface area contributed by atoms with E-state index in [0.29, 0.717) is 18.8 Å². The molecule has 2 rings (SSSR count). The summed E-state index contributed by atoms with van der Waals surface area (Å²) in [7, 11) is -3.57. The quantitative estimate of drug-likeness (QED) is 0.533. The first kappa shape index (κ1) is 14.9. The molecule has 0 aromatic carbocycles. The summed E-state index contributed by atoms with van der Waals surface area (Å²) in [4.78, 5) is 8.26. The minimum Gasteiger partial charge on any atom is -0.308 e. The molecule has 0 radical (unpaired) electrons. The molecule has 9 heteroatoms. The second-order valence-corrected chi connectivity index (χ2v) is 6.86. The van der Waals surface area contributed by atoms with Gasteiger partial charge in [-0.3, -0.25) is 0 Å². The van der Waals surface area contributed by atoms with Crippen molar-refractivity contribution in [2.75, 3.05) is 12.0 Å². The molecule has 0 saturated carbocycles. The van der Waals surface area contributed by atoms with Gasteiger partial charge in [0, 0.05) is 30.6 Å². The molecule has 4 N–H and O–H groups in total. The molecule has 108 valence electrons. The van der Waals surface area contributed by atoms with Gasteiger partial charge in [0.2, 0.25) is 10.0 Å². The molecule has 7 nitrogen and oxygen atoms in total. The van der Waals surface area contributed by atoms with Gasteiger partial charge in [0.25, 0.3) is 0 Å². The van der Waals surface area contributed by atoms with Crippen LogP contribution in [0.25, 0.3) is 0 Å². The van der Waals surface area contributed by atoms with E-state index < -0.39 is 10.0 Å². The maximum atomic E-state index is 12.1. The van der Waals surface area contributed by atoms with Crippen molar-refractivity contribution >= 4 is 27.2 Å². The van der Waals surface area contributed by atoms with Crippen LogP contribution < -0.4 is 16.0 Å². The van der Waals surface area contributed by atoms with Gasteiger partial charge < -0.3 is 5.43 Å². The number of thiazole rings is 1. The number of nitrogens with zero attached hydrogens (tertiary/aromatic N) is 2. The van der Waals surface area contributed by atoms with E-state index in [1.807, 2.05) is 12.3 Å². The summed E-state index contributed by atoms with van der Waals surface area (Å²) in [6.45, 7) is 2.20. The molecule has 2 aromatic rings. The molecule has 0 aliphatic heterocycles. The Balaban J connectivity index is 2.00. The van der Waals surface area contributed by atoms with Crippen LogP contribution in [0, 0.1) is 6.92 Å². The first-order chi connectivity index (χ1) is 9.51. The number of hydrazine groups is 1. The van der Waals surface area contributed by atoms with Crippen LogP contribution in [0.2, 0.25) is 0 Å². The Hall–Kier alpha value is -1.55. The van der Waals surface area contributed by atoms with E-state index in [2.05, 4.69) is 20.1 Å². The van der Waals surface area contributed by atoms with Crippen molar-refractivity contribution in [2.24, 2.45) is 5.84 Å². The number of nitrogen functional groups attached to an aromatic ring is 1. The predicted molar refractivity (Wildman–Crippen MR) is 77.8 cm³/mol. The fraction of sp³-hybridized carbons (Fsp3) is 0.273. The lowest BCUT2D eigenvalue weighted by Gasteiger charge is -2.07. The minimum atomic E-state index is -3.57. The van der Waals surface area contributed by atoms with Crippen LogP contribution >= 0.6 is 11.3 Å². The Labute approximate surface area is 121 Å². The van der Waals surface area contributed by atoms with E-state index >= 15 is 0 Å². The fourth-order valence-corrected chi connectivity index (χ4v) is 3.27. The van der Waals surface area contributed by atoms with Gasteiger partial charge in [0.05, 0.1) is 15.6 Å². The van der Waals surface area contributed by atoms with Crippen molar-refractivity contribution in [1.29, 1.82) is 0 Å². The van der Waals surface area contributed by atoms with Crippen molar-refractivity contribution in [3.05, 3.63) is 34.4 Å². The summed E-state index contributed by atoms with van der Waals surface area (Å²) in [6, 6.07) is 2.78. The number of nitrogens with two attached hydrogens (primary N) is 1. The highest BCUT2D eigenvalue weighted by molar-refractivity contribution is 7.89. The smallest absolute Gasteiger partial charge is 0.240 e. The number of sulfonamides is 1. The molecule has 2 heterocycles. The number of rotatable bonds is 6. The van der Waals surface area contributed by atoms with E-state index in [4.69, 9.17) is 5.84 Å². The van der Waals surface area contributed by atoms with Crippen LogP contribution in [0.1, 0.15) is 10.7 Å². The van der Waals surface area contributed by atoms with Crippen LogP contribution in [0.4, 0.5) is 5.82 Å². The molecule has 0 amide bonds. The predicted octanol–water partition coefficient (Wildman–Crippen LogP) is 0.653. The molecule has 0 unspecified atom stereocenters. The van der Waals surface area contributed by atoms with Crippen LogP contribution in [0.5, 0.6) is 0 Å². The number of pyridine rings is 1. The first-order valence-corrected chi connectivity index (χ1v) is 8.21. The van der Waals surface area contributed by atoms with E-state index in [1.165, 1.54) is 18.3 Å². The van der Waals surface area contributed by atoms with Gasteiger partial charge in [-0.25, -0.2) is 29.0 Å². The molecular weight excluding hydrogens is 298 g/mol. The van der Waals surface area contributed by atoms with E-state index in [0.717, 1.165) is 10.7 Å². The molecule has 2 aromatic heterocycles. The lowest BCUT2D eigenvalue weighted by molar-refractivity contribution is 0.581. The second kappa shape index (κ2) is 6.27. The number of aromatic nitrogens is 2. The standard InChI is InChI=1S/C11H15N5O2S2/c1-8-15-9(7-19-8)2-5-14-20(17,18)10-3-4-13-11(6-10)16-12/h3-4,6-7,14H,2,5,12H2,1H3,(H,13,16). The van der Waals surface area contributed by atoms with Gasteiger partial charge in [-0.2, -0.15) is 0 Å². The average Bonchev–Trinajstić information content (AvgIpc) is 2.84. The highest BCUT2D eigenvalue weighted by atomic mass is 32.2. The molecule has 0 saturated heterocycles. The topological polar surface area (TPSA) is 110 Å². The number of anilines is 1. The summed E-state index contributed by atoms with van der Waals surface area (Å²) in [5, 5.41) is 2.89. The lowest BCUT2D eigenvalue weighted by atomic mass is 10.3. The summed E-state index contributed by atoms with van der Waals surface area (Å²) in [5.74, 6) is 5.50. The Kier molecular flexibility index (Phi) is 4.65. The summed E-state index contributed by atoms with van der Waals surface area (Å²) in [5.41, 5.74) is 3.20. The maximum absolute atomic E-state index is 12.1. The Morgan fingerprint density at radius 2 is 2.25 bits per heavy atom. The molecule has 0 spiro atoms. The van der Waals surface area contributed by atoms with Crippen LogP contribution in [0.3, 0.4) is 0 Å². The SMILES string of the molecule is Cc1nc(CCNS(=O)(=O)c2ccnc(NN)c2)cs1. The van der Waals surface area contributed by atoms with Crippen molar-refractivity contribution in [1.82, 2.24) is 14.7 Å².